The third-order valence-corrected chi connectivity index (χ3v) is 3.73. The largest absolute Gasteiger partial charge is 0.508 e. The van der Waals surface area contributed by atoms with E-state index in [1.807, 2.05) is 17.5 Å². The topological polar surface area (TPSA) is 75.3 Å². The monoisotopic (exact) mass is 286 g/mol. The molecule has 20 heavy (non-hydrogen) atoms. The molecule has 0 saturated heterocycles. The number of thiophene rings is 1. The number of carboxylic acid groups (broad SMARTS) is 1. The molecule has 1 aromatic carbocycles. The molecule has 3 aromatic rings. The van der Waals surface area contributed by atoms with E-state index in [-0.39, 0.29) is 11.3 Å². The zero-order valence-corrected chi connectivity index (χ0v) is 11.0. The van der Waals surface area contributed by atoms with Gasteiger partial charge < -0.3 is 10.2 Å². The molecule has 0 fully saturated rings. The molecule has 5 nitrogen and oxygen atoms in total. The van der Waals surface area contributed by atoms with Crippen LogP contribution in [0.3, 0.4) is 0 Å². The third-order valence-electron chi connectivity index (χ3n) is 2.85. The minimum atomic E-state index is -1.02. The minimum Gasteiger partial charge on any atom is -0.508 e. The van der Waals surface area contributed by atoms with Gasteiger partial charge in [0.15, 0.2) is 0 Å². The molecule has 0 radical (unpaired) electrons. The van der Waals surface area contributed by atoms with Gasteiger partial charge in [-0.1, -0.05) is 6.07 Å². The summed E-state index contributed by atoms with van der Waals surface area (Å²) in [4.78, 5) is 12.2. The van der Waals surface area contributed by atoms with Crippen molar-refractivity contribution in [2.45, 2.75) is 0 Å². The van der Waals surface area contributed by atoms with Crippen molar-refractivity contribution in [3.63, 3.8) is 0 Å². The van der Waals surface area contributed by atoms with Crippen LogP contribution in [-0.2, 0) is 0 Å². The van der Waals surface area contributed by atoms with Crippen LogP contribution < -0.4 is 0 Å². The highest BCUT2D eigenvalue weighted by Crippen LogP contribution is 2.30. The molecule has 2 heterocycles. The van der Waals surface area contributed by atoms with E-state index in [9.17, 15) is 15.0 Å². The van der Waals surface area contributed by atoms with E-state index in [0.717, 1.165) is 4.88 Å². The average molecular weight is 286 g/mol. The van der Waals surface area contributed by atoms with Crippen LogP contribution in [0.5, 0.6) is 5.75 Å². The highest BCUT2D eigenvalue weighted by Gasteiger charge is 2.19. The first kappa shape index (κ1) is 12.4. The number of phenols is 1. The molecule has 0 spiro atoms. The highest BCUT2D eigenvalue weighted by molar-refractivity contribution is 7.13. The van der Waals surface area contributed by atoms with E-state index in [2.05, 4.69) is 5.10 Å². The molecule has 0 aliphatic carbocycles. The predicted molar refractivity (Wildman–Crippen MR) is 75.5 cm³/mol. The second kappa shape index (κ2) is 4.82. The Morgan fingerprint density at radius 3 is 2.55 bits per heavy atom. The molecule has 2 N–H and O–H groups in total. The first-order valence-corrected chi connectivity index (χ1v) is 6.69. The maximum Gasteiger partial charge on any atom is 0.339 e. The lowest BCUT2D eigenvalue weighted by atomic mass is 10.2. The summed E-state index contributed by atoms with van der Waals surface area (Å²) in [5.41, 5.74) is 1.39. The lowest BCUT2D eigenvalue weighted by Gasteiger charge is -2.07. The zero-order valence-electron chi connectivity index (χ0n) is 10.2. The van der Waals surface area contributed by atoms with Crippen molar-refractivity contribution in [2.75, 3.05) is 0 Å². The predicted octanol–water partition coefficient (Wildman–Crippen LogP) is 3.00. The molecule has 0 aliphatic rings. The molecule has 0 unspecified atom stereocenters. The van der Waals surface area contributed by atoms with E-state index >= 15 is 0 Å². The van der Waals surface area contributed by atoms with Crippen LogP contribution in [0.1, 0.15) is 10.4 Å². The van der Waals surface area contributed by atoms with E-state index in [4.69, 9.17) is 0 Å². The van der Waals surface area contributed by atoms with Crippen molar-refractivity contribution < 1.29 is 15.0 Å². The average Bonchev–Trinajstić information content (AvgIpc) is 3.08. The normalized spacial score (nSPS) is 10.6. The quantitative estimate of drug-likeness (QED) is 0.776. The number of aromatic hydroxyl groups is 1. The summed E-state index contributed by atoms with van der Waals surface area (Å²) in [5.74, 6) is -0.865. The summed E-state index contributed by atoms with van der Waals surface area (Å²) < 4.78 is 1.56. The number of carboxylic acids is 1. The fraction of sp³-hybridized carbons (Fsp3) is 0. The van der Waals surface area contributed by atoms with E-state index in [0.29, 0.717) is 11.4 Å². The lowest BCUT2D eigenvalue weighted by molar-refractivity contribution is 0.0698. The number of benzene rings is 1. The molecular weight excluding hydrogens is 276 g/mol. The summed E-state index contributed by atoms with van der Waals surface area (Å²) in [6.45, 7) is 0. The van der Waals surface area contributed by atoms with E-state index in [1.165, 1.54) is 29.7 Å². The van der Waals surface area contributed by atoms with Crippen molar-refractivity contribution >= 4 is 17.3 Å². The summed E-state index contributed by atoms with van der Waals surface area (Å²) >= 11 is 1.45. The van der Waals surface area contributed by atoms with Gasteiger partial charge in [0.2, 0.25) is 0 Å². The van der Waals surface area contributed by atoms with Gasteiger partial charge >= 0.3 is 5.97 Å². The van der Waals surface area contributed by atoms with Crippen LogP contribution in [0.25, 0.3) is 16.3 Å². The highest BCUT2D eigenvalue weighted by atomic mass is 32.1. The molecule has 100 valence electrons. The molecule has 0 atom stereocenters. The summed E-state index contributed by atoms with van der Waals surface area (Å²) in [7, 11) is 0. The standard InChI is InChI=1S/C14H10N2O3S/c17-10-5-3-9(4-6-10)16-13(12-2-1-7-20-12)11(8-15-16)14(18)19/h1-8,17H,(H,18,19). The second-order valence-electron chi connectivity index (χ2n) is 4.12. The van der Waals surface area contributed by atoms with Crippen molar-refractivity contribution in [3.8, 4) is 22.0 Å². The zero-order chi connectivity index (χ0) is 14.1. The Bertz CT molecular complexity index is 745. The summed E-state index contributed by atoms with van der Waals surface area (Å²) in [6, 6.07) is 10.2. The number of hydrogen-bond acceptors (Lipinski definition) is 4. The van der Waals surface area contributed by atoms with Crippen LogP contribution in [0.4, 0.5) is 0 Å². The maximum atomic E-state index is 11.3. The summed E-state index contributed by atoms with van der Waals surface area (Å²) in [6.07, 6.45) is 1.34. The number of carbonyl (C=O) groups is 1. The Kier molecular flexibility index (Phi) is 3.00. The molecule has 0 aliphatic heterocycles. The SMILES string of the molecule is O=C(O)c1cnn(-c2ccc(O)cc2)c1-c1cccs1. The maximum absolute atomic E-state index is 11.3. The van der Waals surface area contributed by atoms with Gasteiger partial charge in [0.1, 0.15) is 11.3 Å². The van der Waals surface area contributed by atoms with Gasteiger partial charge in [0, 0.05) is 0 Å². The Morgan fingerprint density at radius 1 is 1.20 bits per heavy atom. The van der Waals surface area contributed by atoms with Gasteiger partial charge in [-0.15, -0.1) is 11.3 Å². The number of phenolic OH excluding ortho intramolecular Hbond substituents is 1. The summed E-state index contributed by atoms with van der Waals surface area (Å²) in [5, 5.41) is 24.6. The van der Waals surface area contributed by atoms with Crippen LogP contribution in [0.2, 0.25) is 0 Å². The Morgan fingerprint density at radius 2 is 1.95 bits per heavy atom. The van der Waals surface area contributed by atoms with E-state index < -0.39 is 5.97 Å². The Balaban J connectivity index is 2.21. The van der Waals surface area contributed by atoms with Gasteiger partial charge in [0.05, 0.1) is 22.5 Å². The number of rotatable bonds is 3. The van der Waals surface area contributed by atoms with Crippen molar-refractivity contribution in [3.05, 3.63) is 53.5 Å². The molecule has 6 heteroatoms. The fourth-order valence-electron chi connectivity index (χ4n) is 1.94. The molecular formula is C14H10N2O3S. The van der Waals surface area contributed by atoms with Crippen LogP contribution in [-0.4, -0.2) is 26.0 Å². The minimum absolute atomic E-state index is 0.150. The first-order valence-electron chi connectivity index (χ1n) is 5.81. The van der Waals surface area contributed by atoms with Crippen LogP contribution >= 0.6 is 11.3 Å². The Labute approximate surface area is 118 Å². The fourth-order valence-corrected chi connectivity index (χ4v) is 2.71. The van der Waals surface area contributed by atoms with Crippen molar-refractivity contribution in [2.24, 2.45) is 0 Å². The van der Waals surface area contributed by atoms with E-state index in [1.54, 1.807) is 16.8 Å². The van der Waals surface area contributed by atoms with Gasteiger partial charge in [0.25, 0.3) is 0 Å². The number of aromatic nitrogens is 2. The number of aromatic carboxylic acids is 1. The second-order valence-corrected chi connectivity index (χ2v) is 5.07. The van der Waals surface area contributed by atoms with Crippen LogP contribution in [0, 0.1) is 0 Å². The lowest BCUT2D eigenvalue weighted by Crippen LogP contribution is -2.01. The molecule has 3 rings (SSSR count). The molecule has 2 aromatic heterocycles. The van der Waals surface area contributed by atoms with Crippen LogP contribution in [0.15, 0.2) is 48.0 Å². The van der Waals surface area contributed by atoms with Gasteiger partial charge in [-0.3, -0.25) is 0 Å². The van der Waals surface area contributed by atoms with Gasteiger partial charge in [-0.05, 0) is 35.7 Å². The number of hydrogen-bond donors (Lipinski definition) is 2. The van der Waals surface area contributed by atoms with Gasteiger partial charge in [-0.25, -0.2) is 9.48 Å². The molecule has 0 bridgehead atoms. The molecule has 0 amide bonds. The first-order chi connectivity index (χ1) is 9.66. The van der Waals surface area contributed by atoms with Crippen molar-refractivity contribution in [1.29, 1.82) is 0 Å². The molecule has 0 saturated carbocycles. The smallest absolute Gasteiger partial charge is 0.339 e. The Hall–Kier alpha value is -2.60. The van der Waals surface area contributed by atoms with Crippen molar-refractivity contribution in [1.82, 2.24) is 9.78 Å². The number of nitrogens with zero attached hydrogens (tertiary/aromatic N) is 2. The third kappa shape index (κ3) is 2.06. The van der Waals surface area contributed by atoms with Gasteiger partial charge in [-0.2, -0.15) is 5.10 Å².